The van der Waals surface area contributed by atoms with Gasteiger partial charge in [-0.3, -0.25) is 15.0 Å². The van der Waals surface area contributed by atoms with Gasteiger partial charge in [-0.15, -0.1) is 0 Å². The van der Waals surface area contributed by atoms with Crippen LogP contribution in [0, 0.1) is 0 Å². The molecule has 2 aromatic carbocycles. The van der Waals surface area contributed by atoms with Crippen molar-refractivity contribution >= 4 is 73.7 Å². The van der Waals surface area contributed by atoms with Gasteiger partial charge >= 0.3 is 0 Å². The van der Waals surface area contributed by atoms with E-state index in [-0.39, 0.29) is 4.32 Å². The van der Waals surface area contributed by atoms with E-state index in [1.54, 1.807) is 24.3 Å². The highest BCUT2D eigenvalue weighted by molar-refractivity contribution is 9.10. The van der Waals surface area contributed by atoms with Crippen LogP contribution in [0.1, 0.15) is 49.0 Å². The number of nitrogens with one attached hydrogen (secondary N) is 1. The number of amides is 2. The molecular weight excluding hydrogens is 560 g/mol. The van der Waals surface area contributed by atoms with Crippen molar-refractivity contribution in [1.82, 2.24) is 10.4 Å². The SMILES string of the molecule is CCCCCOc1c(Br)cc(/C=C2\SC(=S)N(NC(=O)c3cccc(Cl)c3)C2=O)cc1OCC. The Kier molecular flexibility index (Phi) is 9.82. The second-order valence-electron chi connectivity index (χ2n) is 7.29. The second-order valence-corrected chi connectivity index (χ2v) is 10.3. The molecule has 2 aromatic rings. The Balaban J connectivity index is 1.78. The average Bonchev–Trinajstić information content (AvgIpc) is 3.05. The van der Waals surface area contributed by atoms with Crippen molar-refractivity contribution in [1.29, 1.82) is 0 Å². The van der Waals surface area contributed by atoms with Crippen molar-refractivity contribution in [3.05, 3.63) is 61.9 Å². The summed E-state index contributed by atoms with van der Waals surface area (Å²) >= 11 is 15.9. The molecule has 1 N–H and O–H groups in total. The molecule has 0 unspecified atom stereocenters. The highest BCUT2D eigenvalue weighted by atomic mass is 79.9. The first-order chi connectivity index (χ1) is 16.3. The third kappa shape index (κ3) is 6.75. The minimum Gasteiger partial charge on any atom is -0.490 e. The fourth-order valence-corrected chi connectivity index (χ4v) is 5.06. The van der Waals surface area contributed by atoms with Gasteiger partial charge in [0.25, 0.3) is 11.8 Å². The summed E-state index contributed by atoms with van der Waals surface area (Å²) in [6, 6.07) is 10.1. The van der Waals surface area contributed by atoms with Crippen LogP contribution < -0.4 is 14.9 Å². The van der Waals surface area contributed by atoms with Crippen LogP contribution in [-0.4, -0.2) is 34.4 Å². The van der Waals surface area contributed by atoms with E-state index in [9.17, 15) is 9.59 Å². The van der Waals surface area contributed by atoms with E-state index in [0.29, 0.717) is 40.2 Å². The number of ether oxygens (including phenoxy) is 2. The van der Waals surface area contributed by atoms with Gasteiger partial charge < -0.3 is 9.47 Å². The summed E-state index contributed by atoms with van der Waals surface area (Å²) in [5.41, 5.74) is 3.61. The van der Waals surface area contributed by atoms with Gasteiger partial charge in [-0.05, 0) is 83.5 Å². The van der Waals surface area contributed by atoms with Gasteiger partial charge in [0.15, 0.2) is 15.8 Å². The zero-order valence-electron chi connectivity index (χ0n) is 18.7. The smallest absolute Gasteiger partial charge is 0.285 e. The van der Waals surface area contributed by atoms with E-state index in [1.807, 2.05) is 19.1 Å². The van der Waals surface area contributed by atoms with Gasteiger partial charge in [-0.1, -0.05) is 49.2 Å². The van der Waals surface area contributed by atoms with E-state index in [2.05, 4.69) is 28.3 Å². The maximum atomic E-state index is 13.0. The summed E-state index contributed by atoms with van der Waals surface area (Å²) in [5, 5.41) is 1.49. The monoisotopic (exact) mass is 582 g/mol. The number of unbranched alkanes of at least 4 members (excludes halogenated alkanes) is 2. The van der Waals surface area contributed by atoms with Crippen LogP contribution in [0.2, 0.25) is 5.02 Å². The summed E-state index contributed by atoms with van der Waals surface area (Å²) in [7, 11) is 0. The van der Waals surface area contributed by atoms with Gasteiger partial charge in [-0.2, -0.15) is 5.01 Å². The molecule has 1 aliphatic heterocycles. The van der Waals surface area contributed by atoms with Crippen LogP contribution in [0.5, 0.6) is 11.5 Å². The van der Waals surface area contributed by atoms with Gasteiger partial charge in [0.05, 0.1) is 22.6 Å². The van der Waals surface area contributed by atoms with Crippen LogP contribution in [0.25, 0.3) is 6.08 Å². The lowest BCUT2D eigenvalue weighted by molar-refractivity contribution is -0.123. The third-order valence-electron chi connectivity index (χ3n) is 4.72. The Hall–Kier alpha value is -2.07. The molecule has 0 saturated carbocycles. The topological polar surface area (TPSA) is 67.9 Å². The quantitative estimate of drug-likeness (QED) is 0.193. The zero-order chi connectivity index (χ0) is 24.7. The lowest BCUT2D eigenvalue weighted by atomic mass is 10.2. The lowest BCUT2D eigenvalue weighted by Crippen LogP contribution is -2.44. The van der Waals surface area contributed by atoms with Crippen molar-refractivity contribution < 1.29 is 19.1 Å². The molecule has 0 bridgehead atoms. The largest absolute Gasteiger partial charge is 0.490 e. The Morgan fingerprint density at radius 3 is 2.74 bits per heavy atom. The molecule has 180 valence electrons. The second kappa shape index (κ2) is 12.6. The van der Waals surface area contributed by atoms with Gasteiger partial charge in [0, 0.05) is 10.6 Å². The number of hydrogen-bond acceptors (Lipinski definition) is 6. The number of benzene rings is 2. The highest BCUT2D eigenvalue weighted by Crippen LogP contribution is 2.39. The van der Waals surface area contributed by atoms with Crippen LogP contribution in [0.4, 0.5) is 0 Å². The number of rotatable bonds is 10. The molecule has 0 aliphatic carbocycles. The molecule has 10 heteroatoms. The first kappa shape index (κ1) is 26.5. The molecule has 0 aromatic heterocycles. The first-order valence-electron chi connectivity index (χ1n) is 10.8. The molecule has 2 amide bonds. The molecule has 3 rings (SSSR count). The standard InChI is InChI=1S/C24H24BrClN2O4S2/c1-3-5-6-10-32-21-18(25)11-15(12-19(21)31-4-2)13-20-23(30)28(24(33)34-20)27-22(29)16-8-7-9-17(26)14-16/h7-9,11-14H,3-6,10H2,1-2H3,(H,27,29)/b20-13-. The van der Waals surface area contributed by atoms with Crippen molar-refractivity contribution in [3.8, 4) is 11.5 Å². The molecule has 0 spiro atoms. The predicted molar refractivity (Wildman–Crippen MR) is 144 cm³/mol. The zero-order valence-corrected chi connectivity index (χ0v) is 22.7. The summed E-state index contributed by atoms with van der Waals surface area (Å²) in [6.45, 7) is 5.10. The van der Waals surface area contributed by atoms with Crippen molar-refractivity contribution in [2.45, 2.75) is 33.1 Å². The summed E-state index contributed by atoms with van der Waals surface area (Å²) < 4.78 is 12.7. The first-order valence-corrected chi connectivity index (χ1v) is 13.2. The van der Waals surface area contributed by atoms with Crippen LogP contribution in [-0.2, 0) is 4.79 Å². The molecule has 6 nitrogen and oxygen atoms in total. The maximum Gasteiger partial charge on any atom is 0.285 e. The predicted octanol–water partition coefficient (Wildman–Crippen LogP) is 6.62. The van der Waals surface area contributed by atoms with E-state index in [0.717, 1.165) is 46.1 Å². The Bertz CT molecular complexity index is 1130. The average molecular weight is 584 g/mol. The number of nitrogens with zero attached hydrogens (tertiary/aromatic N) is 1. The highest BCUT2D eigenvalue weighted by Gasteiger charge is 2.34. The molecule has 1 fully saturated rings. The Morgan fingerprint density at radius 2 is 2.03 bits per heavy atom. The number of hydrazine groups is 1. The number of carbonyl (C=O) groups is 2. The number of hydrogen-bond donors (Lipinski definition) is 1. The molecule has 0 radical (unpaired) electrons. The number of thioether (sulfide) groups is 1. The van der Waals surface area contributed by atoms with E-state index in [1.165, 1.54) is 6.07 Å². The Labute approximate surface area is 222 Å². The van der Waals surface area contributed by atoms with Crippen LogP contribution in [0.15, 0.2) is 45.8 Å². The van der Waals surface area contributed by atoms with E-state index < -0.39 is 11.8 Å². The molecule has 1 saturated heterocycles. The van der Waals surface area contributed by atoms with Crippen molar-refractivity contribution in [3.63, 3.8) is 0 Å². The van der Waals surface area contributed by atoms with Crippen molar-refractivity contribution in [2.75, 3.05) is 13.2 Å². The van der Waals surface area contributed by atoms with Crippen molar-refractivity contribution in [2.24, 2.45) is 0 Å². The fraction of sp³-hybridized carbons (Fsp3) is 0.292. The molecule has 34 heavy (non-hydrogen) atoms. The molecule has 1 aliphatic rings. The van der Waals surface area contributed by atoms with Gasteiger partial charge in [0.1, 0.15) is 0 Å². The Morgan fingerprint density at radius 1 is 1.24 bits per heavy atom. The summed E-state index contributed by atoms with van der Waals surface area (Å²) in [6.07, 6.45) is 4.87. The van der Waals surface area contributed by atoms with E-state index >= 15 is 0 Å². The third-order valence-corrected chi connectivity index (χ3v) is 6.84. The minimum atomic E-state index is -0.481. The summed E-state index contributed by atoms with van der Waals surface area (Å²) in [4.78, 5) is 25.9. The fourth-order valence-electron chi connectivity index (χ4n) is 3.11. The number of halogens is 2. The maximum absolute atomic E-state index is 13.0. The van der Waals surface area contributed by atoms with Crippen LogP contribution in [0.3, 0.4) is 0 Å². The molecule has 1 heterocycles. The normalized spacial score (nSPS) is 14.6. The summed E-state index contributed by atoms with van der Waals surface area (Å²) in [5.74, 6) is 0.325. The minimum absolute atomic E-state index is 0.228. The molecular formula is C24H24BrClN2O4S2. The molecule has 0 atom stereocenters. The van der Waals surface area contributed by atoms with Gasteiger partial charge in [-0.25, -0.2) is 0 Å². The number of carbonyl (C=O) groups excluding carboxylic acids is 2. The van der Waals surface area contributed by atoms with Gasteiger partial charge in [0.2, 0.25) is 0 Å². The number of thiocarbonyl (C=S) groups is 1. The lowest BCUT2D eigenvalue weighted by Gasteiger charge is -2.16. The van der Waals surface area contributed by atoms with Crippen LogP contribution >= 0.6 is 51.5 Å². The van der Waals surface area contributed by atoms with E-state index in [4.69, 9.17) is 33.3 Å².